The lowest BCUT2D eigenvalue weighted by molar-refractivity contribution is 0.131. The van der Waals surface area contributed by atoms with Gasteiger partial charge in [0.25, 0.3) is 0 Å². The zero-order valence-corrected chi connectivity index (χ0v) is 9.88. The monoisotopic (exact) mass is 225 g/mol. The number of thiazole rings is 1. The van der Waals surface area contributed by atoms with E-state index >= 15 is 0 Å². The van der Waals surface area contributed by atoms with Crippen LogP contribution in [0.5, 0.6) is 0 Å². The molecule has 1 saturated carbocycles. The normalized spacial score (nSPS) is 20.3. The molecule has 1 aromatic heterocycles. The van der Waals surface area contributed by atoms with Gasteiger partial charge < -0.3 is 5.11 Å². The van der Waals surface area contributed by atoms with Gasteiger partial charge in [0.05, 0.1) is 11.6 Å². The highest BCUT2D eigenvalue weighted by atomic mass is 32.1. The van der Waals surface area contributed by atoms with Crippen LogP contribution < -0.4 is 0 Å². The minimum absolute atomic E-state index is 0.159. The summed E-state index contributed by atoms with van der Waals surface area (Å²) in [5.74, 6) is 0.765. The van der Waals surface area contributed by atoms with Gasteiger partial charge in [0.1, 0.15) is 0 Å². The molecular formula is C12H19NOS. The van der Waals surface area contributed by atoms with Gasteiger partial charge in [-0.3, -0.25) is 4.98 Å². The maximum Gasteiger partial charge on any atom is 0.0794 e. The average molecular weight is 225 g/mol. The first-order chi connectivity index (χ1) is 7.34. The maximum atomic E-state index is 9.95. The first-order valence-corrected chi connectivity index (χ1v) is 6.78. The first-order valence-electron chi connectivity index (χ1n) is 5.90. The van der Waals surface area contributed by atoms with Gasteiger partial charge in [-0.1, -0.05) is 32.1 Å². The fraction of sp³-hybridized carbons (Fsp3) is 0.750. The number of aliphatic hydroxyl groups is 1. The zero-order chi connectivity index (χ0) is 10.5. The molecule has 3 heteroatoms. The Kier molecular flexibility index (Phi) is 4.15. The summed E-state index contributed by atoms with van der Waals surface area (Å²) in [6.45, 7) is 0. The predicted molar refractivity (Wildman–Crippen MR) is 63.0 cm³/mol. The summed E-state index contributed by atoms with van der Waals surface area (Å²) in [7, 11) is 0. The number of nitrogens with zero attached hydrogens (tertiary/aromatic N) is 1. The number of rotatable bonds is 4. The third-order valence-electron chi connectivity index (χ3n) is 3.25. The molecule has 0 aliphatic heterocycles. The minimum atomic E-state index is -0.159. The Hall–Kier alpha value is -0.410. The summed E-state index contributed by atoms with van der Waals surface area (Å²) in [6.07, 6.45) is 10.2. The van der Waals surface area contributed by atoms with E-state index in [4.69, 9.17) is 0 Å². The van der Waals surface area contributed by atoms with E-state index in [2.05, 4.69) is 4.98 Å². The molecule has 0 aromatic carbocycles. The van der Waals surface area contributed by atoms with Crippen molar-refractivity contribution in [2.24, 2.45) is 5.92 Å². The Morgan fingerprint density at radius 3 is 2.87 bits per heavy atom. The Labute approximate surface area is 95.4 Å². The van der Waals surface area contributed by atoms with Crippen LogP contribution in [0, 0.1) is 5.92 Å². The van der Waals surface area contributed by atoms with E-state index in [-0.39, 0.29) is 6.10 Å². The van der Waals surface area contributed by atoms with Crippen LogP contribution in [0.25, 0.3) is 0 Å². The van der Waals surface area contributed by atoms with Gasteiger partial charge in [0.2, 0.25) is 0 Å². The number of aromatic nitrogens is 1. The van der Waals surface area contributed by atoms with Crippen LogP contribution in [0.2, 0.25) is 0 Å². The fourth-order valence-corrected chi connectivity index (χ4v) is 3.13. The van der Waals surface area contributed by atoms with Crippen LogP contribution in [0.4, 0.5) is 0 Å². The van der Waals surface area contributed by atoms with Gasteiger partial charge in [0, 0.05) is 17.5 Å². The number of aliphatic hydroxyl groups excluding tert-OH is 1. The zero-order valence-electron chi connectivity index (χ0n) is 9.06. The predicted octanol–water partition coefficient (Wildman–Crippen LogP) is 3.02. The van der Waals surface area contributed by atoms with Crippen LogP contribution in [0.3, 0.4) is 0 Å². The van der Waals surface area contributed by atoms with E-state index < -0.39 is 0 Å². The van der Waals surface area contributed by atoms with Gasteiger partial charge in [-0.05, 0) is 12.3 Å². The van der Waals surface area contributed by atoms with Crippen molar-refractivity contribution in [2.45, 2.75) is 51.0 Å². The first kappa shape index (κ1) is 11.1. The van der Waals surface area contributed by atoms with E-state index in [1.807, 2.05) is 11.7 Å². The molecule has 1 aromatic rings. The molecule has 1 fully saturated rings. The topological polar surface area (TPSA) is 33.1 Å². The molecule has 1 heterocycles. The van der Waals surface area contributed by atoms with E-state index in [0.29, 0.717) is 0 Å². The molecule has 15 heavy (non-hydrogen) atoms. The maximum absolute atomic E-state index is 9.95. The van der Waals surface area contributed by atoms with Crippen LogP contribution in [-0.2, 0) is 6.42 Å². The van der Waals surface area contributed by atoms with Crippen LogP contribution in [-0.4, -0.2) is 16.2 Å². The number of hydrogen-bond acceptors (Lipinski definition) is 3. The Bertz CT molecular complexity index is 267. The van der Waals surface area contributed by atoms with E-state index in [9.17, 15) is 5.11 Å². The second-order valence-electron chi connectivity index (χ2n) is 4.57. The van der Waals surface area contributed by atoms with Crippen LogP contribution in [0.1, 0.15) is 43.4 Å². The van der Waals surface area contributed by atoms with Gasteiger partial charge in [0.15, 0.2) is 0 Å². The minimum Gasteiger partial charge on any atom is -0.393 e. The molecule has 2 rings (SSSR count). The molecule has 0 bridgehead atoms. The lowest BCUT2D eigenvalue weighted by Gasteiger charge is -2.23. The van der Waals surface area contributed by atoms with Crippen molar-refractivity contribution in [3.05, 3.63) is 16.6 Å². The summed E-state index contributed by atoms with van der Waals surface area (Å²) in [5.41, 5.74) is 1.84. The van der Waals surface area contributed by atoms with Crippen LogP contribution >= 0.6 is 11.3 Å². The molecular weight excluding hydrogens is 206 g/mol. The molecule has 1 aliphatic rings. The summed E-state index contributed by atoms with van der Waals surface area (Å²) >= 11 is 1.64. The molecule has 0 amide bonds. The van der Waals surface area contributed by atoms with Gasteiger partial charge >= 0.3 is 0 Å². The average Bonchev–Trinajstić information content (AvgIpc) is 2.71. The van der Waals surface area contributed by atoms with Gasteiger partial charge in [-0.2, -0.15) is 0 Å². The smallest absolute Gasteiger partial charge is 0.0794 e. The molecule has 1 N–H and O–H groups in total. The summed E-state index contributed by atoms with van der Waals surface area (Å²) in [5, 5.41) is 9.95. The molecule has 2 nitrogen and oxygen atoms in total. The summed E-state index contributed by atoms with van der Waals surface area (Å²) in [6, 6.07) is 0. The third kappa shape index (κ3) is 3.58. The van der Waals surface area contributed by atoms with Crippen molar-refractivity contribution >= 4 is 11.3 Å². The van der Waals surface area contributed by atoms with Crippen LogP contribution in [0.15, 0.2) is 11.7 Å². The van der Waals surface area contributed by atoms with Crippen molar-refractivity contribution < 1.29 is 5.11 Å². The van der Waals surface area contributed by atoms with Crippen molar-refractivity contribution in [1.82, 2.24) is 4.98 Å². The molecule has 1 unspecified atom stereocenters. The molecule has 0 saturated heterocycles. The lowest BCUT2D eigenvalue weighted by Crippen LogP contribution is -2.17. The Morgan fingerprint density at radius 1 is 1.40 bits per heavy atom. The van der Waals surface area contributed by atoms with E-state index in [1.54, 1.807) is 11.3 Å². The summed E-state index contributed by atoms with van der Waals surface area (Å²) in [4.78, 5) is 5.24. The molecule has 0 radical (unpaired) electrons. The second-order valence-corrected chi connectivity index (χ2v) is 5.54. The second kappa shape index (κ2) is 5.61. The van der Waals surface area contributed by atoms with E-state index in [0.717, 1.165) is 18.8 Å². The van der Waals surface area contributed by atoms with Gasteiger partial charge in [-0.15, -0.1) is 11.3 Å². The molecule has 84 valence electrons. The molecule has 1 aliphatic carbocycles. The quantitative estimate of drug-likeness (QED) is 0.854. The molecule has 1 atom stereocenters. The van der Waals surface area contributed by atoms with Crippen molar-refractivity contribution in [1.29, 1.82) is 0 Å². The molecule has 0 spiro atoms. The fourth-order valence-electron chi connectivity index (χ4n) is 2.47. The largest absolute Gasteiger partial charge is 0.393 e. The lowest BCUT2D eigenvalue weighted by atomic mass is 9.85. The SMILES string of the molecule is OC(Cc1cncs1)CC1CCCCC1. The Balaban J connectivity index is 1.74. The van der Waals surface area contributed by atoms with Crippen molar-refractivity contribution in [2.75, 3.05) is 0 Å². The van der Waals surface area contributed by atoms with E-state index in [1.165, 1.54) is 37.0 Å². The Morgan fingerprint density at radius 2 is 2.20 bits per heavy atom. The standard InChI is InChI=1S/C12H19NOS/c14-11(7-12-8-13-9-15-12)6-10-4-2-1-3-5-10/h8-11,14H,1-7H2. The highest BCUT2D eigenvalue weighted by Gasteiger charge is 2.17. The van der Waals surface area contributed by atoms with Gasteiger partial charge in [-0.25, -0.2) is 0 Å². The summed E-state index contributed by atoms with van der Waals surface area (Å²) < 4.78 is 0. The highest BCUT2D eigenvalue weighted by molar-refractivity contribution is 7.09. The number of hydrogen-bond donors (Lipinski definition) is 1. The van der Waals surface area contributed by atoms with Crippen molar-refractivity contribution in [3.63, 3.8) is 0 Å². The van der Waals surface area contributed by atoms with Crippen molar-refractivity contribution in [3.8, 4) is 0 Å². The highest BCUT2D eigenvalue weighted by Crippen LogP contribution is 2.28. The third-order valence-corrected chi connectivity index (χ3v) is 4.05.